The van der Waals surface area contributed by atoms with Crippen LogP contribution in [0.25, 0.3) is 0 Å². The number of hydrogen-bond acceptors (Lipinski definition) is 3. The van der Waals surface area contributed by atoms with Crippen molar-refractivity contribution < 1.29 is 14.7 Å². The zero-order chi connectivity index (χ0) is 13.5. The van der Waals surface area contributed by atoms with Crippen molar-refractivity contribution in [2.45, 2.75) is 51.6 Å². The van der Waals surface area contributed by atoms with Crippen LogP contribution < -0.4 is 5.32 Å². The lowest BCUT2D eigenvalue weighted by Crippen LogP contribution is -2.49. The molecule has 1 rings (SSSR count). The Bertz CT molecular complexity index is 299. The van der Waals surface area contributed by atoms with Crippen LogP contribution >= 0.6 is 11.8 Å². The predicted octanol–water partition coefficient (Wildman–Crippen LogP) is 2.12. The number of carbonyl (C=O) groups is 2. The maximum Gasteiger partial charge on any atom is 0.327 e. The normalized spacial score (nSPS) is 20.8. The van der Waals surface area contributed by atoms with E-state index in [4.69, 9.17) is 5.11 Å². The Kier molecular flexibility index (Phi) is 6.32. The van der Waals surface area contributed by atoms with Crippen molar-refractivity contribution in [1.29, 1.82) is 0 Å². The van der Waals surface area contributed by atoms with E-state index in [0.717, 1.165) is 25.7 Å². The summed E-state index contributed by atoms with van der Waals surface area (Å²) >= 11 is 1.48. The first kappa shape index (κ1) is 15.1. The maximum atomic E-state index is 11.9. The highest BCUT2D eigenvalue weighted by molar-refractivity contribution is 7.99. The molecule has 1 unspecified atom stereocenters. The van der Waals surface area contributed by atoms with Crippen molar-refractivity contribution in [3.8, 4) is 0 Å². The van der Waals surface area contributed by atoms with Crippen molar-refractivity contribution in [2.75, 3.05) is 11.6 Å². The van der Waals surface area contributed by atoms with Crippen LogP contribution in [0.2, 0.25) is 0 Å². The van der Waals surface area contributed by atoms with Gasteiger partial charge in [0, 0.05) is 11.8 Å². The minimum atomic E-state index is -0.922. The minimum Gasteiger partial charge on any atom is -0.480 e. The molecule has 2 amide bonds. The summed E-state index contributed by atoms with van der Waals surface area (Å²) in [6, 6.07) is -0.835. The van der Waals surface area contributed by atoms with E-state index in [1.807, 2.05) is 6.92 Å². The third-order valence-electron chi connectivity index (χ3n) is 3.04. The van der Waals surface area contributed by atoms with E-state index in [0.29, 0.717) is 11.6 Å². The number of nitrogens with zero attached hydrogens (tertiary/aromatic N) is 1. The first-order chi connectivity index (χ1) is 8.56. The number of carbonyl (C=O) groups excluding carboxylic acids is 1. The molecule has 0 aliphatic carbocycles. The highest BCUT2D eigenvalue weighted by Crippen LogP contribution is 2.21. The van der Waals surface area contributed by atoms with Crippen molar-refractivity contribution in [2.24, 2.45) is 0 Å². The van der Waals surface area contributed by atoms with Crippen LogP contribution in [0.1, 0.15) is 39.5 Å². The number of hydrogen-bond donors (Lipinski definition) is 2. The number of nitrogens with one attached hydrogen (secondary N) is 1. The third-order valence-corrected chi connectivity index (χ3v) is 4.05. The second kappa shape index (κ2) is 7.51. The summed E-state index contributed by atoms with van der Waals surface area (Å²) in [7, 11) is 0. The molecule has 18 heavy (non-hydrogen) atoms. The van der Waals surface area contributed by atoms with Crippen molar-refractivity contribution in [1.82, 2.24) is 10.2 Å². The topological polar surface area (TPSA) is 69.6 Å². The number of unbranched alkanes of at least 4 members (excludes halogenated alkanes) is 2. The predicted molar refractivity (Wildman–Crippen MR) is 72.7 cm³/mol. The van der Waals surface area contributed by atoms with Gasteiger partial charge in [0.05, 0.1) is 5.88 Å². The highest BCUT2D eigenvalue weighted by atomic mass is 32.2. The van der Waals surface area contributed by atoms with Gasteiger partial charge in [0.2, 0.25) is 0 Å². The third kappa shape index (κ3) is 4.40. The van der Waals surface area contributed by atoms with E-state index >= 15 is 0 Å². The molecule has 0 aromatic rings. The van der Waals surface area contributed by atoms with E-state index in [9.17, 15) is 9.59 Å². The summed E-state index contributed by atoms with van der Waals surface area (Å²) < 4.78 is 0. The standard InChI is InChI=1S/C12H22N2O3S/c1-3-4-5-6-9(2)13-12(17)14-8-18-7-10(14)11(15)16/h9-10H,3-8H2,1-2H3,(H,13,17)(H,15,16)/t9?,10-/m0/s1. The lowest BCUT2D eigenvalue weighted by atomic mass is 10.1. The molecule has 0 aromatic heterocycles. The second-order valence-electron chi connectivity index (χ2n) is 4.67. The van der Waals surface area contributed by atoms with Gasteiger partial charge in [-0.1, -0.05) is 26.2 Å². The fourth-order valence-electron chi connectivity index (χ4n) is 1.91. The van der Waals surface area contributed by atoms with Gasteiger partial charge in [0.25, 0.3) is 0 Å². The molecule has 0 bridgehead atoms. The van der Waals surface area contributed by atoms with E-state index < -0.39 is 12.0 Å². The molecule has 0 saturated carbocycles. The van der Waals surface area contributed by atoms with Gasteiger partial charge in [0.15, 0.2) is 0 Å². The van der Waals surface area contributed by atoms with Crippen LogP contribution in [0.4, 0.5) is 4.79 Å². The fourth-order valence-corrected chi connectivity index (χ4v) is 3.06. The van der Waals surface area contributed by atoms with E-state index in [1.54, 1.807) is 0 Å². The number of thioether (sulfide) groups is 1. The number of amides is 2. The number of carboxylic acid groups (broad SMARTS) is 1. The molecule has 2 N–H and O–H groups in total. The molecule has 104 valence electrons. The largest absolute Gasteiger partial charge is 0.480 e. The zero-order valence-corrected chi connectivity index (χ0v) is 11.8. The summed E-state index contributed by atoms with van der Waals surface area (Å²) in [5.74, 6) is 0.0195. The smallest absolute Gasteiger partial charge is 0.327 e. The Labute approximate surface area is 112 Å². The molecular weight excluding hydrogens is 252 g/mol. The SMILES string of the molecule is CCCCCC(C)NC(=O)N1CSC[C@H]1C(=O)O. The van der Waals surface area contributed by atoms with Crippen molar-refractivity contribution in [3.63, 3.8) is 0 Å². The van der Waals surface area contributed by atoms with Crippen LogP contribution in [0.15, 0.2) is 0 Å². The maximum absolute atomic E-state index is 11.9. The second-order valence-corrected chi connectivity index (χ2v) is 5.67. The lowest BCUT2D eigenvalue weighted by Gasteiger charge is -2.23. The van der Waals surface area contributed by atoms with Gasteiger partial charge in [-0.15, -0.1) is 11.8 Å². The lowest BCUT2D eigenvalue weighted by molar-refractivity contribution is -0.140. The quantitative estimate of drug-likeness (QED) is 0.728. The minimum absolute atomic E-state index is 0.101. The van der Waals surface area contributed by atoms with Crippen LogP contribution in [-0.2, 0) is 4.79 Å². The Balaban J connectivity index is 2.37. The van der Waals surface area contributed by atoms with Crippen molar-refractivity contribution in [3.05, 3.63) is 0 Å². The number of rotatable bonds is 6. The van der Waals surface area contributed by atoms with Crippen LogP contribution in [0.5, 0.6) is 0 Å². The zero-order valence-electron chi connectivity index (χ0n) is 11.0. The van der Waals surface area contributed by atoms with Gasteiger partial charge in [-0.2, -0.15) is 0 Å². The number of urea groups is 1. The summed E-state index contributed by atoms with van der Waals surface area (Å²) in [6.45, 7) is 4.11. The molecular formula is C12H22N2O3S. The van der Waals surface area contributed by atoms with Gasteiger partial charge in [-0.05, 0) is 13.3 Å². The van der Waals surface area contributed by atoms with Gasteiger partial charge in [-0.3, -0.25) is 0 Å². The molecule has 1 aliphatic heterocycles. The first-order valence-electron chi connectivity index (χ1n) is 6.44. The van der Waals surface area contributed by atoms with E-state index in [2.05, 4.69) is 12.2 Å². The summed E-state index contributed by atoms with van der Waals surface area (Å²) in [5.41, 5.74) is 0. The molecule has 6 heteroatoms. The summed E-state index contributed by atoms with van der Waals surface area (Å²) in [4.78, 5) is 24.3. The van der Waals surface area contributed by atoms with Gasteiger partial charge in [-0.25, -0.2) is 9.59 Å². The number of aliphatic carboxylic acids is 1. The van der Waals surface area contributed by atoms with Gasteiger partial charge in [0.1, 0.15) is 6.04 Å². The summed E-state index contributed by atoms with van der Waals surface area (Å²) in [5, 5.41) is 11.9. The summed E-state index contributed by atoms with van der Waals surface area (Å²) in [6.07, 6.45) is 4.36. The van der Waals surface area contributed by atoms with Crippen LogP contribution in [0, 0.1) is 0 Å². The van der Waals surface area contributed by atoms with E-state index in [1.165, 1.54) is 16.7 Å². The molecule has 1 aliphatic rings. The number of carboxylic acids is 1. The molecule has 1 heterocycles. The Morgan fingerprint density at radius 1 is 1.50 bits per heavy atom. The highest BCUT2D eigenvalue weighted by Gasteiger charge is 2.34. The fraction of sp³-hybridized carbons (Fsp3) is 0.833. The van der Waals surface area contributed by atoms with Crippen LogP contribution in [0.3, 0.4) is 0 Å². The van der Waals surface area contributed by atoms with Crippen molar-refractivity contribution >= 4 is 23.8 Å². The average Bonchev–Trinajstić information content (AvgIpc) is 2.78. The molecule has 2 atom stereocenters. The Hall–Kier alpha value is -0.910. The molecule has 0 aromatic carbocycles. The molecule has 5 nitrogen and oxygen atoms in total. The van der Waals surface area contributed by atoms with E-state index in [-0.39, 0.29) is 12.1 Å². The molecule has 1 fully saturated rings. The average molecular weight is 274 g/mol. The Morgan fingerprint density at radius 3 is 2.83 bits per heavy atom. The van der Waals surface area contributed by atoms with Gasteiger partial charge >= 0.3 is 12.0 Å². The first-order valence-corrected chi connectivity index (χ1v) is 7.59. The molecule has 0 spiro atoms. The van der Waals surface area contributed by atoms with Gasteiger partial charge < -0.3 is 15.3 Å². The molecule has 1 saturated heterocycles. The van der Waals surface area contributed by atoms with Crippen LogP contribution in [-0.4, -0.2) is 45.7 Å². The molecule has 0 radical (unpaired) electrons. The Morgan fingerprint density at radius 2 is 2.22 bits per heavy atom. The monoisotopic (exact) mass is 274 g/mol.